The van der Waals surface area contributed by atoms with E-state index in [0.717, 1.165) is 25.7 Å². The third kappa shape index (κ3) is 2.03. The summed E-state index contributed by atoms with van der Waals surface area (Å²) in [6, 6.07) is 0.257. The Morgan fingerprint density at radius 1 is 1.14 bits per heavy atom. The van der Waals surface area contributed by atoms with E-state index >= 15 is 0 Å². The van der Waals surface area contributed by atoms with Gasteiger partial charge in [0, 0.05) is 18.1 Å². The van der Waals surface area contributed by atoms with E-state index in [1.54, 1.807) is 4.90 Å². The summed E-state index contributed by atoms with van der Waals surface area (Å²) in [6.45, 7) is -0.755. The topological polar surface area (TPSA) is 29.3 Å². The maximum atomic E-state index is 12.2. The first kappa shape index (κ1) is 10.2. The molecule has 0 unspecified atom stereocenters. The average Bonchev–Trinajstić information content (AvgIpc) is 2.31. The zero-order valence-corrected chi connectivity index (χ0v) is 7.93. The zero-order valence-electron chi connectivity index (χ0n) is 7.93. The lowest BCUT2D eigenvalue weighted by Crippen LogP contribution is -2.50. The molecule has 0 spiro atoms. The summed E-state index contributed by atoms with van der Waals surface area (Å²) >= 11 is 0. The van der Waals surface area contributed by atoms with Crippen LogP contribution in [0.25, 0.3) is 0 Å². The van der Waals surface area contributed by atoms with E-state index < -0.39 is 12.7 Å². The summed E-state index contributed by atoms with van der Waals surface area (Å²) in [6.07, 6.45) is -0.843. The van der Waals surface area contributed by atoms with Crippen molar-refractivity contribution < 1.29 is 13.2 Å². The quantitative estimate of drug-likeness (QED) is 0.707. The van der Waals surface area contributed by atoms with Crippen LogP contribution in [0.2, 0.25) is 0 Å². The van der Waals surface area contributed by atoms with Gasteiger partial charge in [0.05, 0.1) is 6.54 Å². The molecular weight excluding hydrogens is 193 g/mol. The largest absolute Gasteiger partial charge is 0.401 e. The predicted octanol–water partition coefficient (Wildman–Crippen LogP) is 1.50. The van der Waals surface area contributed by atoms with Gasteiger partial charge in [0.2, 0.25) is 0 Å². The molecule has 5 heteroatoms. The fraction of sp³-hybridized carbons (Fsp3) is 1.00. The van der Waals surface area contributed by atoms with Crippen LogP contribution in [0.5, 0.6) is 0 Å². The Labute approximate surface area is 81.2 Å². The normalized spacial score (nSPS) is 39.0. The molecule has 2 nitrogen and oxygen atoms in total. The SMILES string of the molecule is NC1C[C@H]2CC[C@H](C1)N2CC(F)(F)F. The summed E-state index contributed by atoms with van der Waals surface area (Å²) in [5, 5.41) is 0. The fourth-order valence-corrected chi connectivity index (χ4v) is 2.78. The van der Waals surface area contributed by atoms with Crippen LogP contribution < -0.4 is 5.73 Å². The molecule has 14 heavy (non-hydrogen) atoms. The fourth-order valence-electron chi connectivity index (χ4n) is 2.78. The minimum absolute atomic E-state index is 0.0744. The number of halogens is 3. The van der Waals surface area contributed by atoms with Gasteiger partial charge in [-0.15, -0.1) is 0 Å². The minimum Gasteiger partial charge on any atom is -0.328 e. The van der Waals surface area contributed by atoms with Crippen molar-refractivity contribution in [3.8, 4) is 0 Å². The second-order valence-electron chi connectivity index (χ2n) is 4.40. The Morgan fingerprint density at radius 3 is 2.07 bits per heavy atom. The van der Waals surface area contributed by atoms with Gasteiger partial charge in [-0.2, -0.15) is 13.2 Å². The Bertz CT molecular complexity index is 203. The van der Waals surface area contributed by atoms with Crippen LogP contribution in [0.3, 0.4) is 0 Å². The maximum Gasteiger partial charge on any atom is 0.401 e. The van der Waals surface area contributed by atoms with Crippen molar-refractivity contribution in [2.45, 2.75) is 50.0 Å². The van der Waals surface area contributed by atoms with Crippen molar-refractivity contribution in [2.75, 3.05) is 6.54 Å². The number of nitrogens with two attached hydrogens (primary N) is 1. The van der Waals surface area contributed by atoms with Gasteiger partial charge >= 0.3 is 6.18 Å². The number of piperidine rings is 1. The lowest BCUT2D eigenvalue weighted by Gasteiger charge is -2.37. The summed E-state index contributed by atoms with van der Waals surface area (Å²) in [7, 11) is 0. The number of alkyl halides is 3. The molecule has 2 bridgehead atoms. The van der Waals surface area contributed by atoms with Gasteiger partial charge in [-0.05, 0) is 25.7 Å². The van der Waals surface area contributed by atoms with Gasteiger partial charge in [-0.1, -0.05) is 0 Å². The third-order valence-electron chi connectivity index (χ3n) is 3.28. The molecule has 0 amide bonds. The zero-order chi connectivity index (χ0) is 10.3. The van der Waals surface area contributed by atoms with E-state index in [4.69, 9.17) is 5.73 Å². The molecular formula is C9H15F3N2. The molecule has 82 valence electrons. The maximum absolute atomic E-state index is 12.2. The number of fused-ring (bicyclic) bond motifs is 2. The Balaban J connectivity index is 2.01. The highest BCUT2D eigenvalue weighted by molar-refractivity contribution is 4.97. The highest BCUT2D eigenvalue weighted by Gasteiger charge is 2.44. The molecule has 0 aliphatic carbocycles. The summed E-state index contributed by atoms with van der Waals surface area (Å²) < 4.78 is 36.7. The van der Waals surface area contributed by atoms with Crippen LogP contribution in [-0.4, -0.2) is 35.7 Å². The average molecular weight is 208 g/mol. The van der Waals surface area contributed by atoms with Gasteiger partial charge in [-0.25, -0.2) is 0 Å². The summed E-state index contributed by atoms with van der Waals surface area (Å²) in [4.78, 5) is 1.60. The van der Waals surface area contributed by atoms with Gasteiger partial charge in [-0.3, -0.25) is 4.90 Å². The van der Waals surface area contributed by atoms with Crippen molar-refractivity contribution in [3.05, 3.63) is 0 Å². The van der Waals surface area contributed by atoms with Crippen LogP contribution in [0.4, 0.5) is 13.2 Å². The Hall–Kier alpha value is -0.290. The molecule has 2 aliphatic heterocycles. The van der Waals surface area contributed by atoms with Gasteiger partial charge < -0.3 is 5.73 Å². The van der Waals surface area contributed by atoms with Crippen molar-refractivity contribution in [1.82, 2.24) is 4.90 Å². The minimum atomic E-state index is -4.07. The van der Waals surface area contributed by atoms with E-state index in [0.29, 0.717) is 0 Å². The molecule has 0 radical (unpaired) electrons. The molecule has 2 fully saturated rings. The molecule has 2 heterocycles. The van der Waals surface area contributed by atoms with E-state index in [-0.39, 0.29) is 18.1 Å². The first-order valence-corrected chi connectivity index (χ1v) is 5.04. The lowest BCUT2D eigenvalue weighted by molar-refractivity contribution is -0.155. The molecule has 0 aromatic rings. The van der Waals surface area contributed by atoms with Crippen molar-refractivity contribution in [3.63, 3.8) is 0 Å². The number of nitrogens with zero attached hydrogens (tertiary/aromatic N) is 1. The lowest BCUT2D eigenvalue weighted by atomic mass is 9.98. The van der Waals surface area contributed by atoms with E-state index in [2.05, 4.69) is 0 Å². The second-order valence-corrected chi connectivity index (χ2v) is 4.40. The molecule has 0 saturated carbocycles. The highest BCUT2D eigenvalue weighted by atomic mass is 19.4. The number of rotatable bonds is 1. The van der Waals surface area contributed by atoms with E-state index in [9.17, 15) is 13.2 Å². The van der Waals surface area contributed by atoms with Crippen LogP contribution in [-0.2, 0) is 0 Å². The third-order valence-corrected chi connectivity index (χ3v) is 3.28. The first-order valence-electron chi connectivity index (χ1n) is 5.04. The van der Waals surface area contributed by atoms with Crippen LogP contribution >= 0.6 is 0 Å². The molecule has 2 aliphatic rings. The number of hydrogen-bond donors (Lipinski definition) is 1. The number of hydrogen-bond acceptors (Lipinski definition) is 2. The monoisotopic (exact) mass is 208 g/mol. The first-order chi connectivity index (χ1) is 6.46. The standard InChI is InChI=1S/C9H15F3N2/c10-9(11,12)5-14-7-1-2-8(14)4-6(13)3-7/h6-8H,1-5,13H2/t7-,8-/m1/s1. The van der Waals surface area contributed by atoms with Crippen molar-refractivity contribution in [1.29, 1.82) is 0 Å². The second kappa shape index (κ2) is 3.38. The van der Waals surface area contributed by atoms with E-state index in [1.165, 1.54) is 0 Å². The predicted molar refractivity (Wildman–Crippen MR) is 46.8 cm³/mol. The highest BCUT2D eigenvalue weighted by Crippen LogP contribution is 2.36. The molecule has 2 atom stereocenters. The van der Waals surface area contributed by atoms with Crippen LogP contribution in [0, 0.1) is 0 Å². The summed E-state index contributed by atoms with van der Waals surface area (Å²) in [5.41, 5.74) is 5.77. The van der Waals surface area contributed by atoms with Crippen LogP contribution in [0.15, 0.2) is 0 Å². The molecule has 0 aromatic carbocycles. The summed E-state index contributed by atoms with van der Waals surface area (Å²) in [5.74, 6) is 0. The molecule has 2 rings (SSSR count). The molecule has 0 aromatic heterocycles. The Morgan fingerprint density at radius 2 is 1.64 bits per heavy atom. The van der Waals surface area contributed by atoms with Gasteiger partial charge in [0.25, 0.3) is 0 Å². The molecule has 2 saturated heterocycles. The van der Waals surface area contributed by atoms with Crippen molar-refractivity contribution in [2.24, 2.45) is 5.73 Å². The van der Waals surface area contributed by atoms with Gasteiger partial charge in [0.1, 0.15) is 0 Å². The van der Waals surface area contributed by atoms with Crippen molar-refractivity contribution >= 4 is 0 Å². The smallest absolute Gasteiger partial charge is 0.328 e. The Kier molecular flexibility index (Phi) is 2.47. The van der Waals surface area contributed by atoms with Crippen LogP contribution in [0.1, 0.15) is 25.7 Å². The molecule has 2 N–H and O–H groups in total. The van der Waals surface area contributed by atoms with E-state index in [1.807, 2.05) is 0 Å². The van der Waals surface area contributed by atoms with Gasteiger partial charge in [0.15, 0.2) is 0 Å².